The smallest absolute Gasteiger partial charge is 0.254 e. The molecule has 1 saturated heterocycles. The molecule has 3 aromatic heterocycles. The van der Waals surface area contributed by atoms with Crippen molar-refractivity contribution in [3.05, 3.63) is 41.4 Å². The summed E-state index contributed by atoms with van der Waals surface area (Å²) in [6.07, 6.45) is 8.11. The average molecular weight is 459 g/mol. The van der Waals surface area contributed by atoms with Gasteiger partial charge in [0.05, 0.1) is 45.5 Å². The van der Waals surface area contributed by atoms with Gasteiger partial charge in [0.25, 0.3) is 5.91 Å². The Bertz CT molecular complexity index is 1110. The number of aliphatic hydroxyl groups is 1. The molecule has 0 spiro atoms. The van der Waals surface area contributed by atoms with Gasteiger partial charge in [-0.1, -0.05) is 11.6 Å². The van der Waals surface area contributed by atoms with Gasteiger partial charge in [-0.25, -0.2) is 9.50 Å². The zero-order valence-electron chi connectivity index (χ0n) is 18.1. The van der Waals surface area contributed by atoms with Gasteiger partial charge in [0.1, 0.15) is 0 Å². The minimum Gasteiger partial charge on any atom is -0.390 e. The molecule has 1 aliphatic rings. The third kappa shape index (κ3) is 5.01. The summed E-state index contributed by atoms with van der Waals surface area (Å²) in [5.41, 5.74) is 2.33. The monoisotopic (exact) mass is 458 g/mol. The summed E-state index contributed by atoms with van der Waals surface area (Å²) < 4.78 is 6.90. The van der Waals surface area contributed by atoms with Crippen molar-refractivity contribution in [2.45, 2.75) is 44.8 Å². The van der Waals surface area contributed by atoms with E-state index in [-0.39, 0.29) is 11.9 Å². The first-order valence-electron chi connectivity index (χ1n) is 10.7. The minimum absolute atomic E-state index is 0.112. The number of hydrogen-bond acceptors (Lipinski definition) is 7. The van der Waals surface area contributed by atoms with E-state index >= 15 is 0 Å². The van der Waals surface area contributed by atoms with Crippen LogP contribution in [0.3, 0.4) is 0 Å². The molecule has 9 nitrogen and oxygen atoms in total. The lowest BCUT2D eigenvalue weighted by molar-refractivity contribution is -0.0670. The van der Waals surface area contributed by atoms with E-state index in [4.69, 9.17) is 16.3 Å². The summed E-state index contributed by atoms with van der Waals surface area (Å²) in [6.45, 7) is 5.46. The second-order valence-corrected chi connectivity index (χ2v) is 8.79. The Hall–Kier alpha value is -2.75. The molecular weight excluding hydrogens is 432 g/mol. The number of nitrogens with one attached hydrogen (secondary N) is 2. The predicted octanol–water partition coefficient (Wildman–Crippen LogP) is 2.93. The molecule has 0 bridgehead atoms. The molecular formula is C22H27ClN6O3. The van der Waals surface area contributed by atoms with Crippen LogP contribution < -0.4 is 10.6 Å². The fourth-order valence-electron chi connectivity index (χ4n) is 3.75. The van der Waals surface area contributed by atoms with Crippen molar-refractivity contribution in [3.8, 4) is 11.3 Å². The zero-order valence-corrected chi connectivity index (χ0v) is 18.9. The second kappa shape index (κ2) is 9.40. The number of carbonyl (C=O) groups is 1. The lowest BCUT2D eigenvalue weighted by Gasteiger charge is -2.32. The predicted molar refractivity (Wildman–Crippen MR) is 122 cm³/mol. The van der Waals surface area contributed by atoms with E-state index < -0.39 is 5.60 Å². The maximum Gasteiger partial charge on any atom is 0.254 e. The van der Waals surface area contributed by atoms with Crippen LogP contribution in [0.5, 0.6) is 0 Å². The highest BCUT2D eigenvalue weighted by atomic mass is 35.5. The number of carbonyl (C=O) groups excluding carboxylic acids is 1. The molecule has 170 valence electrons. The van der Waals surface area contributed by atoms with Crippen molar-refractivity contribution in [2.24, 2.45) is 0 Å². The maximum atomic E-state index is 12.9. The van der Waals surface area contributed by atoms with E-state index in [0.717, 1.165) is 5.56 Å². The number of ether oxygens (including phenoxy) is 1. The van der Waals surface area contributed by atoms with Crippen molar-refractivity contribution in [3.63, 3.8) is 0 Å². The van der Waals surface area contributed by atoms with Gasteiger partial charge in [-0.2, -0.15) is 5.10 Å². The lowest BCUT2D eigenvalue weighted by atomic mass is 9.91. The fraction of sp³-hybridized carbons (Fsp3) is 0.455. The van der Waals surface area contributed by atoms with Crippen molar-refractivity contribution < 1.29 is 14.6 Å². The third-order valence-corrected chi connectivity index (χ3v) is 5.69. The van der Waals surface area contributed by atoms with E-state index in [1.165, 1.54) is 0 Å². The lowest BCUT2D eigenvalue weighted by Crippen LogP contribution is -2.39. The highest BCUT2D eigenvalue weighted by molar-refractivity contribution is 6.30. The molecule has 1 amide bonds. The molecule has 4 heterocycles. The molecule has 0 atom stereocenters. The van der Waals surface area contributed by atoms with E-state index in [2.05, 4.69) is 25.7 Å². The first kappa shape index (κ1) is 22.4. The van der Waals surface area contributed by atoms with Crippen LogP contribution in [-0.4, -0.2) is 62.0 Å². The summed E-state index contributed by atoms with van der Waals surface area (Å²) in [5, 5.41) is 21.6. The molecule has 0 aromatic carbocycles. The Morgan fingerprint density at radius 3 is 2.81 bits per heavy atom. The molecule has 0 aliphatic carbocycles. The third-order valence-electron chi connectivity index (χ3n) is 5.49. The first-order valence-corrected chi connectivity index (χ1v) is 11.1. The van der Waals surface area contributed by atoms with Crippen LogP contribution in [0.2, 0.25) is 5.02 Å². The van der Waals surface area contributed by atoms with Gasteiger partial charge in [0.15, 0.2) is 5.65 Å². The highest BCUT2D eigenvalue weighted by Gasteiger charge is 2.29. The van der Waals surface area contributed by atoms with Crippen LogP contribution in [0.25, 0.3) is 16.9 Å². The van der Waals surface area contributed by atoms with Gasteiger partial charge in [-0.05, 0) is 39.2 Å². The second-order valence-electron chi connectivity index (χ2n) is 8.36. The summed E-state index contributed by atoms with van der Waals surface area (Å²) in [5.74, 6) is -0.243. The summed E-state index contributed by atoms with van der Waals surface area (Å²) >= 11 is 6.00. The number of hydrogen-bond donors (Lipinski definition) is 3. The number of amides is 1. The van der Waals surface area contributed by atoms with Crippen LogP contribution in [-0.2, 0) is 4.74 Å². The van der Waals surface area contributed by atoms with Crippen LogP contribution in [0.4, 0.5) is 5.69 Å². The molecule has 1 aliphatic heterocycles. The number of fused-ring (bicyclic) bond motifs is 1. The summed E-state index contributed by atoms with van der Waals surface area (Å²) in [6, 6.07) is 1.94. The molecule has 32 heavy (non-hydrogen) atoms. The number of anilines is 1. The van der Waals surface area contributed by atoms with E-state index in [1.807, 2.05) is 19.9 Å². The molecule has 0 saturated carbocycles. The van der Waals surface area contributed by atoms with Crippen molar-refractivity contribution in [1.82, 2.24) is 24.9 Å². The molecule has 3 N–H and O–H groups in total. The fourth-order valence-corrected chi connectivity index (χ4v) is 3.89. The number of nitrogens with zero attached hydrogens (tertiary/aromatic N) is 4. The molecule has 0 unspecified atom stereocenters. The van der Waals surface area contributed by atoms with Crippen molar-refractivity contribution in [1.29, 1.82) is 0 Å². The van der Waals surface area contributed by atoms with Crippen molar-refractivity contribution in [2.75, 3.05) is 25.1 Å². The topological polar surface area (TPSA) is 114 Å². The van der Waals surface area contributed by atoms with Crippen LogP contribution in [0.1, 0.15) is 43.5 Å². The van der Waals surface area contributed by atoms with E-state index in [0.29, 0.717) is 66.6 Å². The van der Waals surface area contributed by atoms with Gasteiger partial charge in [0.2, 0.25) is 0 Å². The van der Waals surface area contributed by atoms with Gasteiger partial charge in [0, 0.05) is 38.2 Å². The summed E-state index contributed by atoms with van der Waals surface area (Å²) in [7, 11) is 0. The van der Waals surface area contributed by atoms with Crippen molar-refractivity contribution >= 4 is 28.8 Å². The average Bonchev–Trinajstić information content (AvgIpc) is 3.16. The largest absolute Gasteiger partial charge is 0.390 e. The summed E-state index contributed by atoms with van der Waals surface area (Å²) in [4.78, 5) is 21.8. The standard InChI is InChI=1S/C22H27ClN6O3/c1-14(2)28-19-9-18(16-12-27-29-13-15(23)10-26-20(16)29)25-11-17(19)21(30)24-6-3-22(31)4-7-32-8-5-22/h9-14,31H,3-8H2,1-2H3,(H,24,30)(H,25,28). The van der Waals surface area contributed by atoms with Gasteiger partial charge in [-0.3, -0.25) is 9.78 Å². The van der Waals surface area contributed by atoms with Gasteiger partial charge < -0.3 is 20.5 Å². The number of halogens is 1. The Morgan fingerprint density at radius 2 is 2.06 bits per heavy atom. The zero-order chi connectivity index (χ0) is 22.7. The Kier molecular flexibility index (Phi) is 6.59. The number of aromatic nitrogens is 4. The Labute approximate surface area is 191 Å². The van der Waals surface area contributed by atoms with Gasteiger partial charge in [-0.15, -0.1) is 0 Å². The first-order chi connectivity index (χ1) is 15.3. The molecule has 3 aromatic rings. The Morgan fingerprint density at radius 1 is 1.28 bits per heavy atom. The SMILES string of the molecule is CC(C)Nc1cc(-c2cnn3cc(Cl)cnc23)ncc1C(=O)NCCC1(O)CCOCC1. The van der Waals surface area contributed by atoms with Crippen LogP contribution in [0, 0.1) is 0 Å². The van der Waals surface area contributed by atoms with E-state index in [1.54, 1.807) is 29.3 Å². The molecule has 4 rings (SSSR count). The minimum atomic E-state index is -0.786. The normalized spacial score (nSPS) is 15.8. The molecule has 10 heteroatoms. The van der Waals surface area contributed by atoms with Crippen LogP contribution in [0.15, 0.2) is 30.9 Å². The number of pyridine rings is 1. The quantitative estimate of drug-likeness (QED) is 0.498. The highest BCUT2D eigenvalue weighted by Crippen LogP contribution is 2.27. The van der Waals surface area contributed by atoms with Crippen LogP contribution >= 0.6 is 11.6 Å². The van der Waals surface area contributed by atoms with E-state index in [9.17, 15) is 9.90 Å². The maximum absolute atomic E-state index is 12.9. The number of rotatable bonds is 7. The molecule has 0 radical (unpaired) electrons. The van der Waals surface area contributed by atoms with Gasteiger partial charge >= 0.3 is 0 Å². The Balaban J connectivity index is 1.54. The molecule has 1 fully saturated rings.